The van der Waals surface area contributed by atoms with Crippen LogP contribution < -0.4 is 20.1 Å². The van der Waals surface area contributed by atoms with Crippen molar-refractivity contribution in [1.82, 2.24) is 4.98 Å². The molecule has 2 N–H and O–H groups in total. The first-order valence-corrected chi connectivity index (χ1v) is 18.2. The summed E-state index contributed by atoms with van der Waals surface area (Å²) < 4.78 is 30.0. The highest BCUT2D eigenvalue weighted by Crippen LogP contribution is 2.35. The van der Waals surface area contributed by atoms with Gasteiger partial charge in [-0.05, 0) is 66.4 Å². The largest absolute Gasteiger partial charge is 0.756 e. The zero-order chi connectivity index (χ0) is 32.6. The SMILES string of the molecule is CCCCCC(=O)OC(C[N+]1(CCCCOc2ccc3ccc(=O)[nH]c3c2)CCN(c2cccc3sccc23)CC1)OP(=O)([O-])O. The van der Waals surface area contributed by atoms with Gasteiger partial charge in [-0.3, -0.25) is 18.7 Å². The van der Waals surface area contributed by atoms with Crippen molar-refractivity contribution in [3.05, 3.63) is 70.3 Å². The van der Waals surface area contributed by atoms with Gasteiger partial charge in [0.25, 0.3) is 14.1 Å². The Bertz CT molecular complexity index is 1710. The highest BCUT2D eigenvalue weighted by molar-refractivity contribution is 7.44. The summed E-state index contributed by atoms with van der Waals surface area (Å²) in [6.45, 7) is 6.01. The Morgan fingerprint density at radius 1 is 1.11 bits per heavy atom. The second-order valence-corrected chi connectivity index (χ2v) is 14.0. The van der Waals surface area contributed by atoms with Gasteiger partial charge in [0.05, 0.1) is 44.8 Å². The molecule has 0 saturated carbocycles. The summed E-state index contributed by atoms with van der Waals surface area (Å²) >= 11 is 1.70. The van der Waals surface area contributed by atoms with Crippen molar-refractivity contribution in [1.29, 1.82) is 0 Å². The number of carbonyl (C=O) groups is 1. The number of rotatable bonds is 16. The van der Waals surface area contributed by atoms with E-state index in [2.05, 4.69) is 39.5 Å². The highest BCUT2D eigenvalue weighted by Gasteiger charge is 2.38. The second-order valence-electron chi connectivity index (χ2n) is 11.9. The van der Waals surface area contributed by atoms with Gasteiger partial charge in [-0.1, -0.05) is 25.8 Å². The van der Waals surface area contributed by atoms with Crippen molar-refractivity contribution in [3.8, 4) is 5.75 Å². The number of phosphoric acid groups is 1. The number of hydrogen-bond donors (Lipinski definition) is 2. The Balaban J connectivity index is 1.26. The summed E-state index contributed by atoms with van der Waals surface area (Å²) in [5.41, 5.74) is 1.70. The molecule has 1 aliphatic rings. The first-order chi connectivity index (χ1) is 22.1. The number of aromatic nitrogens is 1. The van der Waals surface area contributed by atoms with Gasteiger partial charge in [0.15, 0.2) is 0 Å². The number of nitrogens with one attached hydrogen (secondary N) is 1. The first kappa shape index (κ1) is 34.1. The molecule has 0 bridgehead atoms. The minimum Gasteiger partial charge on any atom is -0.756 e. The summed E-state index contributed by atoms with van der Waals surface area (Å²) in [5.74, 6) is 0.116. The molecule has 1 fully saturated rings. The average molecular weight is 672 g/mol. The molecule has 2 aromatic heterocycles. The predicted molar refractivity (Wildman–Crippen MR) is 178 cm³/mol. The fourth-order valence-electron chi connectivity index (χ4n) is 6.12. The molecule has 2 atom stereocenters. The van der Waals surface area contributed by atoms with E-state index in [1.807, 2.05) is 25.1 Å². The van der Waals surface area contributed by atoms with Crippen molar-refractivity contribution in [2.45, 2.75) is 51.7 Å². The van der Waals surface area contributed by atoms with Crippen molar-refractivity contribution in [2.75, 3.05) is 50.8 Å². The average Bonchev–Trinajstić information content (AvgIpc) is 3.50. The molecule has 4 aromatic rings. The highest BCUT2D eigenvalue weighted by atomic mass is 32.1. The van der Waals surface area contributed by atoms with E-state index in [0.717, 1.165) is 36.8 Å². The van der Waals surface area contributed by atoms with Crippen molar-refractivity contribution in [2.24, 2.45) is 0 Å². The first-order valence-electron chi connectivity index (χ1n) is 15.9. The topological polar surface area (TPSA) is 141 Å². The maximum Gasteiger partial charge on any atom is 0.308 e. The van der Waals surface area contributed by atoms with E-state index in [9.17, 15) is 23.9 Å². The van der Waals surface area contributed by atoms with Gasteiger partial charge < -0.3 is 33.6 Å². The van der Waals surface area contributed by atoms with Crippen LogP contribution in [0.5, 0.6) is 5.75 Å². The molecule has 248 valence electrons. The molecule has 11 nitrogen and oxygen atoms in total. The van der Waals surface area contributed by atoms with E-state index in [1.165, 1.54) is 16.2 Å². The lowest BCUT2D eigenvalue weighted by Gasteiger charge is -2.47. The number of unbranched alkanes of at least 4 members (excludes halogenated alkanes) is 3. The van der Waals surface area contributed by atoms with Gasteiger partial charge in [-0.2, -0.15) is 0 Å². The lowest BCUT2D eigenvalue weighted by molar-refractivity contribution is -0.933. The Hall–Kier alpha value is -3.25. The number of piperazine rings is 1. The molecule has 0 radical (unpaired) electrons. The van der Waals surface area contributed by atoms with E-state index in [0.29, 0.717) is 61.5 Å². The van der Waals surface area contributed by atoms with Crippen LogP contribution in [0, 0.1) is 0 Å². The standard InChI is InChI=1S/C33H42N3O8PS/c1-2-3-4-10-32(38)43-33(44-45(39,40)41)24-36(19-16-35(17-20-36)29-8-7-9-30-27(29)15-22-46-30)18-5-6-21-42-26-13-11-25-12-14-31(37)34-28(25)23-26/h7-9,11-15,22-23,33H,2-6,10,16-21,24H2,1H3,(H2-,34,37,39,40,41). The zero-order valence-corrected chi connectivity index (χ0v) is 27.8. The third kappa shape index (κ3) is 9.40. The van der Waals surface area contributed by atoms with Gasteiger partial charge in [-0.25, -0.2) is 0 Å². The van der Waals surface area contributed by atoms with E-state index >= 15 is 0 Å². The normalized spacial score (nSPS) is 16.7. The maximum atomic E-state index is 12.6. The molecular weight excluding hydrogens is 629 g/mol. The van der Waals surface area contributed by atoms with E-state index < -0.39 is 20.1 Å². The van der Waals surface area contributed by atoms with Gasteiger partial charge in [0.1, 0.15) is 12.3 Å². The van der Waals surface area contributed by atoms with Crippen molar-refractivity contribution < 1.29 is 37.6 Å². The van der Waals surface area contributed by atoms with Crippen LogP contribution in [-0.4, -0.2) is 72.5 Å². The number of anilines is 1. The molecule has 0 aliphatic carbocycles. The van der Waals surface area contributed by atoms with Gasteiger partial charge in [0, 0.05) is 34.3 Å². The molecule has 1 aliphatic heterocycles. The van der Waals surface area contributed by atoms with E-state index in [-0.39, 0.29) is 18.5 Å². The number of quaternary nitrogens is 1. The number of H-pyrrole nitrogens is 1. The fourth-order valence-corrected chi connectivity index (χ4v) is 7.34. The van der Waals surface area contributed by atoms with Crippen LogP contribution in [-0.2, 0) is 18.6 Å². The van der Waals surface area contributed by atoms with Crippen LogP contribution in [0.2, 0.25) is 0 Å². The Morgan fingerprint density at radius 2 is 1.91 bits per heavy atom. The molecule has 0 spiro atoms. The van der Waals surface area contributed by atoms with E-state index in [4.69, 9.17) is 14.0 Å². The lowest BCUT2D eigenvalue weighted by atomic mass is 10.1. The molecule has 0 amide bonds. The zero-order valence-electron chi connectivity index (χ0n) is 26.1. The summed E-state index contributed by atoms with van der Waals surface area (Å²) in [5, 5.41) is 4.21. The second kappa shape index (κ2) is 15.6. The number of hydrogen-bond acceptors (Lipinski definition) is 9. The minimum absolute atomic E-state index is 0.0989. The number of benzene rings is 2. The van der Waals surface area contributed by atoms with Crippen LogP contribution >= 0.6 is 19.2 Å². The summed E-state index contributed by atoms with van der Waals surface area (Å²) in [6.07, 6.45) is 2.63. The number of esters is 1. The molecule has 2 unspecified atom stereocenters. The quantitative estimate of drug-likeness (QED) is 0.0543. The third-order valence-corrected chi connectivity index (χ3v) is 9.91. The number of pyridine rings is 1. The minimum atomic E-state index is -5.17. The maximum absolute atomic E-state index is 12.6. The lowest BCUT2D eigenvalue weighted by Crippen LogP contribution is -2.63. The van der Waals surface area contributed by atoms with Crippen LogP contribution in [0.1, 0.15) is 45.4 Å². The Morgan fingerprint density at radius 3 is 2.70 bits per heavy atom. The van der Waals surface area contributed by atoms with Crippen LogP contribution in [0.3, 0.4) is 0 Å². The number of nitrogens with zero attached hydrogens (tertiary/aromatic N) is 2. The number of thiophene rings is 1. The molecule has 46 heavy (non-hydrogen) atoms. The van der Waals surface area contributed by atoms with Crippen molar-refractivity contribution >= 4 is 51.8 Å². The molecular formula is C33H42N3O8PS. The number of carbonyl (C=O) groups excluding carboxylic acids is 1. The Kier molecular flexibility index (Phi) is 11.5. The van der Waals surface area contributed by atoms with Crippen molar-refractivity contribution in [3.63, 3.8) is 0 Å². The Labute approximate surface area is 272 Å². The third-order valence-electron chi connectivity index (χ3n) is 8.53. The van der Waals surface area contributed by atoms with Crippen LogP contribution in [0.4, 0.5) is 5.69 Å². The monoisotopic (exact) mass is 671 g/mol. The predicted octanol–water partition coefficient (Wildman–Crippen LogP) is 5.17. The molecule has 3 heterocycles. The molecule has 13 heteroatoms. The smallest absolute Gasteiger partial charge is 0.308 e. The number of phosphoric ester groups is 1. The van der Waals surface area contributed by atoms with Gasteiger partial charge in [-0.15, -0.1) is 11.3 Å². The van der Waals surface area contributed by atoms with Gasteiger partial charge in [0.2, 0.25) is 5.56 Å². The fraction of sp³-hybridized carbons (Fsp3) is 0.455. The summed E-state index contributed by atoms with van der Waals surface area (Å²) in [4.78, 5) is 50.9. The molecule has 5 rings (SSSR count). The number of ether oxygens (including phenoxy) is 2. The number of fused-ring (bicyclic) bond motifs is 2. The van der Waals surface area contributed by atoms with Gasteiger partial charge >= 0.3 is 5.97 Å². The summed E-state index contributed by atoms with van der Waals surface area (Å²) in [7, 11) is -5.17. The van der Waals surface area contributed by atoms with E-state index in [1.54, 1.807) is 17.4 Å². The summed E-state index contributed by atoms with van der Waals surface area (Å²) in [6, 6.07) is 17.3. The van der Waals surface area contributed by atoms with Crippen LogP contribution in [0.25, 0.3) is 21.0 Å². The molecule has 2 aromatic carbocycles. The molecule has 1 saturated heterocycles. The van der Waals surface area contributed by atoms with Crippen LogP contribution in [0.15, 0.2) is 64.8 Å². The number of aromatic amines is 1.